The number of nitrogens with one attached hydrogen (secondary N) is 5. The zero-order valence-electron chi connectivity index (χ0n) is 42.4. The van der Waals surface area contributed by atoms with Crippen LogP contribution in [-0.4, -0.2) is 136 Å². The largest absolute Gasteiger partial charge is 0.391 e. The second-order valence-electron chi connectivity index (χ2n) is 20.4. The Balaban J connectivity index is 0.823. The Hall–Kier alpha value is -6.85. The van der Waals surface area contributed by atoms with E-state index in [1.807, 2.05) is 111 Å². The molecular formula is C53H62N10O9S3. The molecule has 2 aliphatic heterocycles. The van der Waals surface area contributed by atoms with E-state index in [-0.39, 0.29) is 73.4 Å². The van der Waals surface area contributed by atoms with Crippen LogP contribution in [0.25, 0.3) is 16.0 Å². The van der Waals surface area contributed by atoms with Crippen LogP contribution < -0.4 is 26.6 Å². The number of aromatic nitrogens is 3. The van der Waals surface area contributed by atoms with Crippen LogP contribution in [0.2, 0.25) is 0 Å². The van der Waals surface area contributed by atoms with E-state index in [0.29, 0.717) is 31.7 Å². The second kappa shape index (κ2) is 23.0. The van der Waals surface area contributed by atoms with Crippen LogP contribution in [0, 0.1) is 18.3 Å². The number of aryl methyl sites for hydroxylation is 1. The summed E-state index contributed by atoms with van der Waals surface area (Å²) in [5.41, 5.74) is 5.89. The highest BCUT2D eigenvalue weighted by Crippen LogP contribution is 2.40. The number of rotatable bonds is 19. The van der Waals surface area contributed by atoms with Crippen molar-refractivity contribution in [1.82, 2.24) is 45.0 Å². The second-order valence-corrected chi connectivity index (χ2v) is 24.0. The molecule has 8 rings (SSSR count). The number of aliphatic hydroxyl groups excluding tert-OH is 1. The van der Waals surface area contributed by atoms with Crippen molar-refractivity contribution in [2.75, 3.05) is 50.8 Å². The Morgan fingerprint density at radius 2 is 1.65 bits per heavy atom. The van der Waals surface area contributed by atoms with Crippen molar-refractivity contribution in [2.45, 2.75) is 77.1 Å². The zero-order valence-corrected chi connectivity index (χ0v) is 44.8. The molecule has 6 amide bonds. The average Bonchev–Trinajstić information content (AvgIpc) is 4.21. The highest BCUT2D eigenvalue weighted by atomic mass is 32.2. The van der Waals surface area contributed by atoms with Gasteiger partial charge in [0.1, 0.15) is 12.1 Å². The number of benzene rings is 2. The van der Waals surface area contributed by atoms with E-state index >= 15 is 0 Å². The van der Waals surface area contributed by atoms with Crippen molar-refractivity contribution < 1.29 is 42.3 Å². The number of hydrogen-bond donors (Lipinski definition) is 6. The highest BCUT2D eigenvalue weighted by Gasteiger charge is 2.45. The summed E-state index contributed by atoms with van der Waals surface area (Å²) in [5, 5.41) is 27.0. The number of β-amino-alcohol motifs (C(OH)–C–C–N with tert-alkyl or cyclic N) is 1. The van der Waals surface area contributed by atoms with Gasteiger partial charge in [0.05, 0.1) is 57.6 Å². The Kier molecular flexibility index (Phi) is 16.7. The molecule has 0 spiro atoms. The third kappa shape index (κ3) is 13.3. The van der Waals surface area contributed by atoms with Crippen molar-refractivity contribution in [3.8, 4) is 10.4 Å². The van der Waals surface area contributed by atoms with E-state index < -0.39 is 56.8 Å². The molecule has 75 heavy (non-hydrogen) atoms. The maximum absolute atomic E-state index is 14.2. The standard InChI is InChI=1S/C53H62N10O9S3/c1-33-45(74-32-57-33)36-15-13-34(14-16-36)24-54-49(69)41-22-40(64)29-63(41)50(70)46(52(2,3)4)59-43(65)18-20-61-26-39(27-61)48(68)56-31-53(19-9-12-37(23-53)35-10-7-6-8-11-35)42-30-73-51(58-42)60-44(66)25-55-47(67)38-17-21-62(28-38)75(5,71)72/h6-17,19,21,28,30,32,39-41,46,64H,18,20,22-27,29,31H2,1-5H3,(H,54,69)(H,55,67)(H,56,68)(H,59,65)(H,58,60,66)/t40-,41+,46-,53?/m1/s1. The maximum Gasteiger partial charge on any atom is 0.253 e. The Labute approximate surface area is 444 Å². The van der Waals surface area contributed by atoms with Gasteiger partial charge in [-0.2, -0.15) is 0 Å². The number of likely N-dealkylation sites (tertiary alicyclic amines) is 2. The van der Waals surface area contributed by atoms with Gasteiger partial charge in [-0.05, 0) is 47.1 Å². The van der Waals surface area contributed by atoms with Crippen LogP contribution in [0.5, 0.6) is 0 Å². The number of anilines is 1. The van der Waals surface area contributed by atoms with Gasteiger partial charge < -0.3 is 41.5 Å². The van der Waals surface area contributed by atoms with Gasteiger partial charge in [-0.15, -0.1) is 22.7 Å². The van der Waals surface area contributed by atoms with E-state index in [1.165, 1.54) is 34.7 Å². The number of aliphatic hydroxyl groups is 1. The van der Waals surface area contributed by atoms with Gasteiger partial charge in [0, 0.05) is 69.9 Å². The lowest BCUT2D eigenvalue weighted by molar-refractivity contribution is -0.144. The minimum absolute atomic E-state index is 0.0383. The van der Waals surface area contributed by atoms with Crippen LogP contribution in [-0.2, 0) is 46.0 Å². The highest BCUT2D eigenvalue weighted by molar-refractivity contribution is 7.89. The minimum Gasteiger partial charge on any atom is -0.391 e. The summed E-state index contributed by atoms with van der Waals surface area (Å²) >= 11 is 2.76. The summed E-state index contributed by atoms with van der Waals surface area (Å²) in [4.78, 5) is 94.2. The predicted molar refractivity (Wildman–Crippen MR) is 287 cm³/mol. The van der Waals surface area contributed by atoms with E-state index in [9.17, 15) is 42.3 Å². The molecule has 0 saturated carbocycles. The smallest absolute Gasteiger partial charge is 0.253 e. The fourth-order valence-electron chi connectivity index (χ4n) is 9.33. The summed E-state index contributed by atoms with van der Waals surface area (Å²) in [6, 6.07) is 17.1. The van der Waals surface area contributed by atoms with Gasteiger partial charge in [-0.25, -0.2) is 18.4 Å². The summed E-state index contributed by atoms with van der Waals surface area (Å²) in [6.07, 6.45) is 9.12. The van der Waals surface area contributed by atoms with E-state index in [1.54, 1.807) is 16.8 Å². The molecule has 5 heterocycles. The van der Waals surface area contributed by atoms with Crippen molar-refractivity contribution >= 4 is 78.8 Å². The lowest BCUT2D eigenvalue weighted by Gasteiger charge is -2.39. The van der Waals surface area contributed by atoms with Gasteiger partial charge in [0.15, 0.2) is 5.13 Å². The average molecular weight is 1080 g/mol. The number of thiazole rings is 2. The summed E-state index contributed by atoms with van der Waals surface area (Å²) in [6.45, 7) is 8.67. The molecule has 1 unspecified atom stereocenters. The van der Waals surface area contributed by atoms with Gasteiger partial charge in [0.25, 0.3) is 5.91 Å². The predicted octanol–water partition coefficient (Wildman–Crippen LogP) is 4.08. The number of nitrogens with zero attached hydrogens (tertiary/aromatic N) is 5. The quantitative estimate of drug-likeness (QED) is 0.0685. The number of allylic oxidation sites excluding steroid dienone is 3. The molecule has 5 aromatic rings. The van der Waals surface area contributed by atoms with Crippen molar-refractivity contribution in [3.63, 3.8) is 0 Å². The molecule has 0 bridgehead atoms. The lowest BCUT2D eigenvalue weighted by Crippen LogP contribution is -2.58. The topological polar surface area (TPSA) is 254 Å². The first-order chi connectivity index (χ1) is 35.7. The van der Waals surface area contributed by atoms with Crippen LogP contribution >= 0.6 is 22.7 Å². The van der Waals surface area contributed by atoms with Gasteiger partial charge >= 0.3 is 0 Å². The van der Waals surface area contributed by atoms with E-state index in [0.717, 1.165) is 43.1 Å². The first kappa shape index (κ1) is 54.4. The molecule has 1 aliphatic carbocycles. The lowest BCUT2D eigenvalue weighted by atomic mass is 9.74. The molecule has 0 radical (unpaired) electrons. The number of amides is 6. The molecule has 3 aliphatic rings. The van der Waals surface area contributed by atoms with Crippen molar-refractivity contribution in [2.24, 2.45) is 11.3 Å². The van der Waals surface area contributed by atoms with Crippen molar-refractivity contribution in [1.29, 1.82) is 0 Å². The molecule has 3 aromatic heterocycles. The molecule has 2 saturated heterocycles. The zero-order chi connectivity index (χ0) is 53.7. The molecule has 396 valence electrons. The van der Waals surface area contributed by atoms with Crippen LogP contribution in [0.15, 0.2) is 102 Å². The fraction of sp³-hybridized carbons (Fsp3) is 0.396. The monoisotopic (exact) mass is 1080 g/mol. The van der Waals surface area contributed by atoms with Gasteiger partial charge in [-0.1, -0.05) is 93.6 Å². The Bertz CT molecular complexity index is 3100. The number of carbonyl (C=O) groups excluding carboxylic acids is 6. The minimum atomic E-state index is -3.58. The molecule has 4 atom stereocenters. The number of carbonyl (C=O) groups is 6. The van der Waals surface area contributed by atoms with Gasteiger partial charge in [-0.3, -0.25) is 32.7 Å². The van der Waals surface area contributed by atoms with E-state index in [4.69, 9.17) is 4.98 Å². The Morgan fingerprint density at radius 3 is 2.33 bits per heavy atom. The van der Waals surface area contributed by atoms with Crippen molar-refractivity contribution in [3.05, 3.63) is 130 Å². The SMILES string of the molecule is Cc1ncsc1-c1ccc(CNC(=O)[C@@H]2C[C@@H](O)CN2C(=O)[C@@H](NC(=O)CCN2CC(C(=O)NCC3(c4csc(NC(=O)CNC(=O)c5ccn(S(C)(=O)=O)c5)n4)C=CC=C(c4ccccc4)C3)C2)C(C)(C)C)cc1. The third-order valence-corrected chi connectivity index (χ3v) is 16.3. The molecular weight excluding hydrogens is 1020 g/mol. The Morgan fingerprint density at radius 1 is 0.907 bits per heavy atom. The first-order valence-electron chi connectivity index (χ1n) is 24.6. The normalized spacial score (nSPS) is 19.4. The molecule has 2 fully saturated rings. The third-order valence-electron chi connectivity index (χ3n) is 13.6. The summed E-state index contributed by atoms with van der Waals surface area (Å²) in [7, 11) is -3.58. The fourth-order valence-corrected chi connectivity index (χ4v) is 11.6. The molecule has 2 aromatic carbocycles. The molecule has 22 heteroatoms. The van der Waals surface area contributed by atoms with Gasteiger partial charge in [0.2, 0.25) is 39.6 Å². The van der Waals surface area contributed by atoms with Crippen LogP contribution in [0.4, 0.5) is 5.13 Å². The van der Waals surface area contributed by atoms with Crippen LogP contribution in [0.1, 0.15) is 72.9 Å². The van der Waals surface area contributed by atoms with E-state index in [2.05, 4.69) is 31.6 Å². The molecule has 19 nitrogen and oxygen atoms in total. The summed E-state index contributed by atoms with van der Waals surface area (Å²) in [5.74, 6) is -2.85. The van der Waals surface area contributed by atoms with Crippen LogP contribution in [0.3, 0.4) is 0 Å². The summed E-state index contributed by atoms with van der Waals surface area (Å²) < 4.78 is 24.5. The number of hydrogen-bond acceptors (Lipinski definition) is 14. The maximum atomic E-state index is 14.2. The first-order valence-corrected chi connectivity index (χ1v) is 28.2. The molecule has 6 N–H and O–H groups in total.